The maximum absolute atomic E-state index is 5.73. The van der Waals surface area contributed by atoms with Crippen molar-refractivity contribution in [2.45, 2.75) is 20.3 Å². The molecule has 0 fully saturated rings. The van der Waals surface area contributed by atoms with E-state index in [0.717, 1.165) is 12.1 Å². The molecule has 0 radical (unpaired) electrons. The highest BCUT2D eigenvalue weighted by Crippen LogP contribution is 2.24. The number of hydrogen-bond donors (Lipinski definition) is 1. The molecular weight excluding hydrogens is 194 g/mol. The monoisotopic (exact) mass is 205 g/mol. The normalized spacial score (nSPS) is 10.5. The molecule has 6 nitrogen and oxygen atoms in total. The highest BCUT2D eigenvalue weighted by Gasteiger charge is 2.15. The minimum Gasteiger partial charge on any atom is -0.383 e. The summed E-state index contributed by atoms with van der Waals surface area (Å²) < 4.78 is 5.08. The average molecular weight is 205 g/mol. The largest absolute Gasteiger partial charge is 0.383 e. The number of nitrogens with two attached hydrogens (primary N) is 1. The number of aryl methyl sites for hydroxylation is 2. The lowest BCUT2D eigenvalue weighted by atomic mass is 10.2. The summed E-state index contributed by atoms with van der Waals surface area (Å²) in [6.07, 6.45) is 2.13. The Hall–Kier alpha value is -1.98. The maximum Gasteiger partial charge on any atom is 0.263 e. The molecule has 78 valence electrons. The second kappa shape index (κ2) is 3.64. The zero-order chi connectivity index (χ0) is 10.8. The van der Waals surface area contributed by atoms with Crippen molar-refractivity contribution in [2.75, 3.05) is 5.73 Å². The Labute approximate surface area is 86.5 Å². The highest BCUT2D eigenvalue weighted by atomic mass is 16.5. The molecule has 0 spiro atoms. The van der Waals surface area contributed by atoms with Crippen molar-refractivity contribution in [3.05, 3.63) is 17.8 Å². The van der Waals surface area contributed by atoms with Gasteiger partial charge < -0.3 is 10.3 Å². The number of anilines is 1. The molecule has 0 aliphatic carbocycles. The van der Waals surface area contributed by atoms with Gasteiger partial charge in [-0.2, -0.15) is 4.98 Å². The molecule has 2 rings (SSSR count). The molecule has 0 saturated carbocycles. The van der Waals surface area contributed by atoms with E-state index in [1.54, 1.807) is 0 Å². The first-order chi connectivity index (χ1) is 7.22. The van der Waals surface area contributed by atoms with E-state index in [1.807, 2.05) is 13.8 Å². The lowest BCUT2D eigenvalue weighted by Gasteiger charge is -2.01. The first kappa shape index (κ1) is 9.57. The van der Waals surface area contributed by atoms with E-state index < -0.39 is 0 Å². The molecule has 2 heterocycles. The predicted molar refractivity (Wildman–Crippen MR) is 53.9 cm³/mol. The number of nitrogens with zero attached hydrogens (tertiary/aromatic N) is 4. The molecule has 0 aliphatic heterocycles. The molecular formula is C9H11N5O. The van der Waals surface area contributed by atoms with Gasteiger partial charge in [0.1, 0.15) is 17.7 Å². The number of nitrogen functional groups attached to an aromatic ring is 1. The Morgan fingerprint density at radius 2 is 2.20 bits per heavy atom. The zero-order valence-electron chi connectivity index (χ0n) is 8.56. The molecule has 0 amide bonds. The van der Waals surface area contributed by atoms with Crippen molar-refractivity contribution in [1.29, 1.82) is 0 Å². The van der Waals surface area contributed by atoms with Gasteiger partial charge in [0.25, 0.3) is 5.89 Å². The molecule has 0 saturated heterocycles. The van der Waals surface area contributed by atoms with Crippen LogP contribution in [0.1, 0.15) is 18.4 Å². The Morgan fingerprint density at radius 1 is 1.40 bits per heavy atom. The Kier molecular flexibility index (Phi) is 2.32. The van der Waals surface area contributed by atoms with Crippen LogP contribution in [0.25, 0.3) is 11.5 Å². The molecule has 15 heavy (non-hydrogen) atoms. The Morgan fingerprint density at radius 3 is 2.80 bits per heavy atom. The van der Waals surface area contributed by atoms with E-state index in [4.69, 9.17) is 10.3 Å². The van der Waals surface area contributed by atoms with Crippen molar-refractivity contribution in [1.82, 2.24) is 20.1 Å². The van der Waals surface area contributed by atoms with Crippen LogP contribution in [0.2, 0.25) is 0 Å². The third kappa shape index (κ3) is 1.65. The molecule has 2 N–H and O–H groups in total. The first-order valence-corrected chi connectivity index (χ1v) is 4.62. The molecule has 2 aromatic heterocycles. The molecule has 0 bridgehead atoms. The summed E-state index contributed by atoms with van der Waals surface area (Å²) in [4.78, 5) is 12.1. The highest BCUT2D eigenvalue weighted by molar-refractivity contribution is 5.68. The molecule has 0 unspecified atom stereocenters. The van der Waals surface area contributed by atoms with Crippen LogP contribution in [0.5, 0.6) is 0 Å². The minimum atomic E-state index is 0.355. The average Bonchev–Trinajstić information content (AvgIpc) is 2.66. The van der Waals surface area contributed by atoms with Gasteiger partial charge in [0.05, 0.1) is 5.69 Å². The SMILES string of the molecule is CCc1noc(-c2c(C)ncnc2N)n1. The summed E-state index contributed by atoms with van der Waals surface area (Å²) in [5.41, 5.74) is 7.07. The van der Waals surface area contributed by atoms with Crippen molar-refractivity contribution >= 4 is 5.82 Å². The number of hydrogen-bond acceptors (Lipinski definition) is 6. The van der Waals surface area contributed by atoms with Crippen LogP contribution in [0, 0.1) is 6.92 Å². The van der Waals surface area contributed by atoms with Gasteiger partial charge in [-0.1, -0.05) is 12.1 Å². The van der Waals surface area contributed by atoms with Gasteiger partial charge in [-0.05, 0) is 6.92 Å². The van der Waals surface area contributed by atoms with Crippen LogP contribution in [0.3, 0.4) is 0 Å². The summed E-state index contributed by atoms with van der Waals surface area (Å²) in [5, 5.41) is 3.80. The molecule has 0 atom stereocenters. The standard InChI is InChI=1S/C9H11N5O/c1-3-6-13-9(15-14-6)7-5(2)11-4-12-8(7)10/h4H,3H2,1-2H3,(H2,10,11,12). The first-order valence-electron chi connectivity index (χ1n) is 4.62. The quantitative estimate of drug-likeness (QED) is 0.785. The van der Waals surface area contributed by atoms with Crippen LogP contribution < -0.4 is 5.73 Å². The third-order valence-corrected chi connectivity index (χ3v) is 2.06. The van der Waals surface area contributed by atoms with Gasteiger partial charge in [-0.3, -0.25) is 0 Å². The van der Waals surface area contributed by atoms with Crippen LogP contribution in [0.15, 0.2) is 10.9 Å². The van der Waals surface area contributed by atoms with E-state index in [-0.39, 0.29) is 0 Å². The van der Waals surface area contributed by atoms with Crippen molar-refractivity contribution in [3.63, 3.8) is 0 Å². The smallest absolute Gasteiger partial charge is 0.263 e. The van der Waals surface area contributed by atoms with Crippen LogP contribution in [0.4, 0.5) is 5.82 Å². The van der Waals surface area contributed by atoms with Crippen molar-refractivity contribution in [2.24, 2.45) is 0 Å². The van der Waals surface area contributed by atoms with Crippen molar-refractivity contribution < 1.29 is 4.52 Å². The summed E-state index contributed by atoms with van der Waals surface area (Å²) in [6.45, 7) is 3.77. The molecule has 6 heteroatoms. The van der Waals surface area contributed by atoms with Gasteiger partial charge in [0.2, 0.25) is 0 Å². The van der Waals surface area contributed by atoms with Gasteiger partial charge >= 0.3 is 0 Å². The van der Waals surface area contributed by atoms with Crippen LogP contribution in [-0.4, -0.2) is 20.1 Å². The van der Waals surface area contributed by atoms with Gasteiger partial charge in [-0.15, -0.1) is 0 Å². The fourth-order valence-electron chi connectivity index (χ4n) is 1.26. The third-order valence-electron chi connectivity index (χ3n) is 2.06. The van der Waals surface area contributed by atoms with Crippen molar-refractivity contribution in [3.8, 4) is 11.5 Å². The van der Waals surface area contributed by atoms with Gasteiger partial charge in [-0.25, -0.2) is 9.97 Å². The summed E-state index contributed by atoms with van der Waals surface area (Å²) >= 11 is 0. The van der Waals surface area contributed by atoms with E-state index in [2.05, 4.69) is 20.1 Å². The van der Waals surface area contributed by atoms with Crippen LogP contribution >= 0.6 is 0 Å². The fourth-order valence-corrected chi connectivity index (χ4v) is 1.26. The van der Waals surface area contributed by atoms with Crippen LogP contribution in [-0.2, 0) is 6.42 Å². The molecule has 0 aliphatic rings. The number of rotatable bonds is 2. The van der Waals surface area contributed by atoms with E-state index in [9.17, 15) is 0 Å². The van der Waals surface area contributed by atoms with E-state index in [0.29, 0.717) is 23.1 Å². The second-order valence-corrected chi connectivity index (χ2v) is 3.09. The topological polar surface area (TPSA) is 90.7 Å². The van der Waals surface area contributed by atoms with Gasteiger partial charge in [0, 0.05) is 6.42 Å². The summed E-state index contributed by atoms with van der Waals surface area (Å²) in [5.74, 6) is 1.38. The summed E-state index contributed by atoms with van der Waals surface area (Å²) in [6, 6.07) is 0. The van der Waals surface area contributed by atoms with E-state index >= 15 is 0 Å². The molecule has 2 aromatic rings. The van der Waals surface area contributed by atoms with E-state index in [1.165, 1.54) is 6.33 Å². The Bertz CT molecular complexity index is 459. The zero-order valence-corrected chi connectivity index (χ0v) is 8.56. The molecule has 0 aromatic carbocycles. The number of aromatic nitrogens is 4. The van der Waals surface area contributed by atoms with Gasteiger partial charge in [0.15, 0.2) is 5.82 Å². The lowest BCUT2D eigenvalue weighted by Crippen LogP contribution is -1.98. The second-order valence-electron chi connectivity index (χ2n) is 3.09. The summed E-state index contributed by atoms with van der Waals surface area (Å²) in [7, 11) is 0. The lowest BCUT2D eigenvalue weighted by molar-refractivity contribution is 0.423. The maximum atomic E-state index is 5.73. The predicted octanol–water partition coefficient (Wildman–Crippen LogP) is 0.980. The minimum absolute atomic E-state index is 0.355. The fraction of sp³-hybridized carbons (Fsp3) is 0.333. The Balaban J connectivity index is 2.53.